The number of benzene rings is 1. The summed E-state index contributed by atoms with van der Waals surface area (Å²) in [4.78, 5) is 12.7. The van der Waals surface area contributed by atoms with Gasteiger partial charge in [-0.05, 0) is 43.0 Å². The number of aryl methyl sites for hydroxylation is 2. The van der Waals surface area contributed by atoms with Crippen LogP contribution in [0.15, 0.2) is 41.8 Å². The first kappa shape index (κ1) is 13.4. The van der Waals surface area contributed by atoms with Crippen molar-refractivity contribution >= 4 is 29.0 Å². The minimum absolute atomic E-state index is 0.173. The lowest BCUT2D eigenvalue weighted by Gasteiger charge is -2.10. The maximum absolute atomic E-state index is 11.6. The van der Waals surface area contributed by atoms with Crippen LogP contribution in [0.2, 0.25) is 0 Å². The van der Waals surface area contributed by atoms with E-state index >= 15 is 0 Å². The molecule has 0 saturated carbocycles. The maximum Gasteiger partial charge on any atom is 0.262 e. The average Bonchev–Trinajstić information content (AvgIpc) is 2.88. The Balaban J connectivity index is 1.90. The summed E-state index contributed by atoms with van der Waals surface area (Å²) in [5.41, 5.74) is 8.78. The van der Waals surface area contributed by atoms with E-state index in [0.29, 0.717) is 0 Å². The summed E-state index contributed by atoms with van der Waals surface area (Å²) >= 11 is 1.60. The topological polar surface area (TPSA) is 41.1 Å². The van der Waals surface area contributed by atoms with Gasteiger partial charge in [0.05, 0.1) is 5.69 Å². The summed E-state index contributed by atoms with van der Waals surface area (Å²) in [6.45, 7) is 4.04. The number of hydrogen-bond acceptors (Lipinski definition) is 3. The predicted molar refractivity (Wildman–Crippen MR) is 81.0 cm³/mol. The number of rotatable bonds is 4. The highest BCUT2D eigenvalue weighted by Gasteiger charge is 1.99. The molecular formula is C15H16N2OS. The van der Waals surface area contributed by atoms with Gasteiger partial charge in [0.1, 0.15) is 0 Å². The Morgan fingerprint density at radius 2 is 2.11 bits per heavy atom. The molecule has 0 radical (unpaired) electrons. The van der Waals surface area contributed by atoms with Crippen molar-refractivity contribution in [2.75, 3.05) is 5.43 Å². The van der Waals surface area contributed by atoms with Gasteiger partial charge in [0.15, 0.2) is 0 Å². The van der Waals surface area contributed by atoms with Gasteiger partial charge >= 0.3 is 0 Å². The third-order valence-electron chi connectivity index (χ3n) is 2.64. The molecular weight excluding hydrogens is 256 g/mol. The van der Waals surface area contributed by atoms with E-state index in [4.69, 9.17) is 0 Å². The van der Waals surface area contributed by atoms with Gasteiger partial charge in [-0.2, -0.15) is 0 Å². The molecule has 0 fully saturated rings. The lowest BCUT2D eigenvalue weighted by Crippen LogP contribution is -2.27. The summed E-state index contributed by atoms with van der Waals surface area (Å²) < 4.78 is 0. The van der Waals surface area contributed by atoms with E-state index in [1.54, 1.807) is 17.4 Å². The molecule has 2 N–H and O–H groups in total. The van der Waals surface area contributed by atoms with Crippen LogP contribution < -0.4 is 10.9 Å². The fourth-order valence-corrected chi connectivity index (χ4v) is 2.29. The number of carbonyl (C=O) groups excluding carboxylic acids is 1. The van der Waals surface area contributed by atoms with Crippen molar-refractivity contribution in [1.29, 1.82) is 0 Å². The number of anilines is 1. The first-order chi connectivity index (χ1) is 9.15. The van der Waals surface area contributed by atoms with E-state index in [1.165, 1.54) is 11.6 Å². The molecule has 0 unspecified atom stereocenters. The molecule has 1 aromatic carbocycles. The van der Waals surface area contributed by atoms with E-state index in [-0.39, 0.29) is 5.91 Å². The SMILES string of the molecule is Cc1ccc(NNC(=O)/C=C/c2cccs2)c(C)c1. The second-order valence-electron chi connectivity index (χ2n) is 4.28. The predicted octanol–water partition coefficient (Wildman–Crippen LogP) is 3.52. The van der Waals surface area contributed by atoms with Crippen LogP contribution in [-0.4, -0.2) is 5.91 Å². The number of thiophene rings is 1. The van der Waals surface area contributed by atoms with Crippen LogP contribution in [0.5, 0.6) is 0 Å². The van der Waals surface area contributed by atoms with Gasteiger partial charge in [-0.15, -0.1) is 11.3 Å². The number of carbonyl (C=O) groups is 1. The Labute approximate surface area is 116 Å². The third kappa shape index (κ3) is 3.96. The van der Waals surface area contributed by atoms with E-state index in [0.717, 1.165) is 16.1 Å². The van der Waals surface area contributed by atoms with E-state index in [9.17, 15) is 4.79 Å². The smallest absolute Gasteiger partial charge is 0.262 e. The number of hydrazine groups is 1. The molecule has 0 saturated heterocycles. The molecule has 98 valence electrons. The number of nitrogens with one attached hydrogen (secondary N) is 2. The highest BCUT2D eigenvalue weighted by molar-refractivity contribution is 7.10. The largest absolute Gasteiger partial charge is 0.298 e. The minimum atomic E-state index is -0.173. The Morgan fingerprint density at radius 1 is 1.26 bits per heavy atom. The Kier molecular flexibility index (Phi) is 4.36. The van der Waals surface area contributed by atoms with Gasteiger partial charge in [-0.25, -0.2) is 0 Å². The molecule has 0 bridgehead atoms. The Bertz CT molecular complexity index is 588. The van der Waals surface area contributed by atoms with Gasteiger partial charge < -0.3 is 0 Å². The molecule has 2 aromatic rings. The monoisotopic (exact) mass is 272 g/mol. The normalized spacial score (nSPS) is 10.6. The summed E-state index contributed by atoms with van der Waals surface area (Å²) in [7, 11) is 0. The Morgan fingerprint density at radius 3 is 2.79 bits per heavy atom. The van der Waals surface area contributed by atoms with Gasteiger partial charge in [-0.3, -0.25) is 15.6 Å². The third-order valence-corrected chi connectivity index (χ3v) is 3.48. The molecule has 4 heteroatoms. The molecule has 19 heavy (non-hydrogen) atoms. The van der Waals surface area contributed by atoms with E-state index in [1.807, 2.05) is 43.5 Å². The summed E-state index contributed by atoms with van der Waals surface area (Å²) in [6.07, 6.45) is 3.31. The Hall–Kier alpha value is -2.07. The van der Waals surface area contributed by atoms with E-state index in [2.05, 4.69) is 16.9 Å². The first-order valence-electron chi connectivity index (χ1n) is 6.00. The van der Waals surface area contributed by atoms with Gasteiger partial charge in [-0.1, -0.05) is 23.8 Å². The van der Waals surface area contributed by atoms with Crippen LogP contribution in [0.3, 0.4) is 0 Å². The standard InChI is InChI=1S/C15H16N2OS/c1-11-5-7-14(12(2)10-11)16-17-15(18)8-6-13-4-3-9-19-13/h3-10,16H,1-2H3,(H,17,18)/b8-6+. The zero-order valence-electron chi connectivity index (χ0n) is 10.9. The molecule has 1 aromatic heterocycles. The van der Waals surface area contributed by atoms with Gasteiger partial charge in [0.25, 0.3) is 5.91 Å². The zero-order valence-corrected chi connectivity index (χ0v) is 11.8. The molecule has 0 aliphatic rings. The van der Waals surface area contributed by atoms with Gasteiger partial charge in [0.2, 0.25) is 0 Å². The summed E-state index contributed by atoms with van der Waals surface area (Å²) in [5.74, 6) is -0.173. The maximum atomic E-state index is 11.6. The van der Waals surface area contributed by atoms with Crippen molar-refractivity contribution in [3.05, 3.63) is 57.8 Å². The quantitative estimate of drug-likeness (QED) is 0.660. The van der Waals surface area contributed by atoms with Crippen LogP contribution in [0.4, 0.5) is 5.69 Å². The van der Waals surface area contributed by atoms with Crippen molar-refractivity contribution < 1.29 is 4.79 Å². The van der Waals surface area contributed by atoms with Crippen molar-refractivity contribution in [3.8, 4) is 0 Å². The molecule has 1 heterocycles. The molecule has 0 atom stereocenters. The van der Waals surface area contributed by atoms with E-state index < -0.39 is 0 Å². The second kappa shape index (κ2) is 6.20. The van der Waals surface area contributed by atoms with Crippen LogP contribution in [-0.2, 0) is 4.79 Å². The highest BCUT2D eigenvalue weighted by atomic mass is 32.1. The summed E-state index contributed by atoms with van der Waals surface area (Å²) in [6, 6.07) is 9.94. The molecule has 0 aliphatic carbocycles. The fourth-order valence-electron chi connectivity index (χ4n) is 1.67. The number of hydrogen-bond donors (Lipinski definition) is 2. The van der Waals surface area contributed by atoms with Crippen LogP contribution in [0.1, 0.15) is 16.0 Å². The molecule has 1 amide bonds. The zero-order chi connectivity index (χ0) is 13.7. The number of amides is 1. The molecule has 0 aliphatic heterocycles. The molecule has 2 rings (SSSR count). The molecule has 3 nitrogen and oxygen atoms in total. The summed E-state index contributed by atoms with van der Waals surface area (Å²) in [5, 5.41) is 1.98. The minimum Gasteiger partial charge on any atom is -0.298 e. The van der Waals surface area contributed by atoms with Crippen LogP contribution in [0.25, 0.3) is 6.08 Å². The highest BCUT2D eigenvalue weighted by Crippen LogP contribution is 2.14. The fraction of sp³-hybridized carbons (Fsp3) is 0.133. The van der Waals surface area contributed by atoms with Crippen LogP contribution in [0, 0.1) is 13.8 Å². The average molecular weight is 272 g/mol. The van der Waals surface area contributed by atoms with Crippen molar-refractivity contribution in [2.24, 2.45) is 0 Å². The van der Waals surface area contributed by atoms with Crippen molar-refractivity contribution in [1.82, 2.24) is 5.43 Å². The second-order valence-corrected chi connectivity index (χ2v) is 5.26. The van der Waals surface area contributed by atoms with Gasteiger partial charge in [0, 0.05) is 11.0 Å². The first-order valence-corrected chi connectivity index (χ1v) is 6.88. The lowest BCUT2D eigenvalue weighted by molar-refractivity contribution is -0.115. The van der Waals surface area contributed by atoms with Crippen molar-refractivity contribution in [2.45, 2.75) is 13.8 Å². The lowest BCUT2D eigenvalue weighted by atomic mass is 10.1. The van der Waals surface area contributed by atoms with Crippen LogP contribution >= 0.6 is 11.3 Å². The van der Waals surface area contributed by atoms with Crippen molar-refractivity contribution in [3.63, 3.8) is 0 Å². The molecule has 0 spiro atoms.